The molecule has 0 aromatic carbocycles. The second-order valence-corrected chi connectivity index (χ2v) is 4.18. The van der Waals surface area contributed by atoms with E-state index in [1.807, 2.05) is 0 Å². The van der Waals surface area contributed by atoms with E-state index >= 15 is 0 Å². The number of aliphatic hydroxyl groups is 1. The van der Waals surface area contributed by atoms with Crippen molar-refractivity contribution in [3.63, 3.8) is 0 Å². The van der Waals surface area contributed by atoms with Crippen LogP contribution in [0.15, 0.2) is 14.4 Å². The molecule has 0 radical (unpaired) electrons. The maximum absolute atomic E-state index is 11.5. The van der Waals surface area contributed by atoms with Crippen molar-refractivity contribution in [2.45, 2.75) is 6.10 Å². The number of ketones is 1. The summed E-state index contributed by atoms with van der Waals surface area (Å²) in [5, 5.41) is 8.12. The number of ether oxygens (including phenoxy) is 1. The Hall–Kier alpha value is -2.99. The highest BCUT2D eigenvalue weighted by molar-refractivity contribution is 5.85. The maximum Gasteiger partial charge on any atom is 0.338 e. The van der Waals surface area contributed by atoms with Crippen molar-refractivity contribution >= 4 is 23.0 Å². The Morgan fingerprint density at radius 2 is 1.91 bits per heavy atom. The van der Waals surface area contributed by atoms with Crippen molar-refractivity contribution in [3.8, 4) is 0 Å². The number of epoxide rings is 1. The number of carbonyl (C=O) groups is 2. The summed E-state index contributed by atoms with van der Waals surface area (Å²) in [6.07, 6.45) is -0.273. The number of nitrogens with one attached hydrogen (secondary N) is 3. The molecule has 12 heteroatoms. The van der Waals surface area contributed by atoms with E-state index in [1.165, 1.54) is 0 Å². The van der Waals surface area contributed by atoms with Crippen LogP contribution < -0.4 is 22.7 Å². The molecule has 1 unspecified atom stereocenters. The van der Waals surface area contributed by atoms with Crippen LogP contribution in [-0.4, -0.2) is 55.8 Å². The summed E-state index contributed by atoms with van der Waals surface area (Å²) >= 11 is 0. The standard InChI is InChI=1S/C6H5N5O4.C4H6O3/c7-4(13)11-3(12)1-2(10-6(11)15)9-5(14)8-1;5-1-3(6)4-2-7-4/h(H2,7,13)(H,10,15)(H2,8,9,14);4-5H,1-2H2. The highest BCUT2D eigenvalue weighted by Gasteiger charge is 2.29. The summed E-state index contributed by atoms with van der Waals surface area (Å²) in [5.41, 5.74) is 1.89. The van der Waals surface area contributed by atoms with Crippen LogP contribution >= 0.6 is 0 Å². The molecule has 0 bridgehead atoms. The Bertz CT molecular complexity index is 897. The van der Waals surface area contributed by atoms with Crippen LogP contribution in [-0.2, 0) is 9.53 Å². The van der Waals surface area contributed by atoms with E-state index in [-0.39, 0.29) is 34.2 Å². The number of nitrogens with two attached hydrogens (primary N) is 1. The quantitative estimate of drug-likeness (QED) is 0.355. The minimum atomic E-state index is -1.22. The lowest BCUT2D eigenvalue weighted by atomic mass is 10.3. The number of carbonyl (C=O) groups excluding carboxylic acids is 2. The van der Waals surface area contributed by atoms with Gasteiger partial charge in [0.2, 0.25) is 0 Å². The van der Waals surface area contributed by atoms with Gasteiger partial charge in [0.05, 0.1) is 6.61 Å². The predicted octanol–water partition coefficient (Wildman–Crippen LogP) is -3.42. The smallest absolute Gasteiger partial charge is 0.338 e. The summed E-state index contributed by atoms with van der Waals surface area (Å²) in [7, 11) is 0. The normalized spacial score (nSPS) is 16.0. The van der Waals surface area contributed by atoms with Gasteiger partial charge in [-0.2, -0.15) is 4.57 Å². The zero-order valence-corrected chi connectivity index (χ0v) is 10.9. The first-order valence-electron chi connectivity index (χ1n) is 5.87. The fourth-order valence-corrected chi connectivity index (χ4v) is 1.54. The number of aromatic nitrogens is 4. The molecule has 1 aliphatic heterocycles. The molecule has 0 spiro atoms. The van der Waals surface area contributed by atoms with Crippen LogP contribution in [0, 0.1) is 0 Å². The van der Waals surface area contributed by atoms with Crippen LogP contribution in [0.4, 0.5) is 4.79 Å². The molecule has 12 nitrogen and oxygen atoms in total. The van der Waals surface area contributed by atoms with Gasteiger partial charge in [-0.15, -0.1) is 0 Å². The van der Waals surface area contributed by atoms with E-state index in [9.17, 15) is 24.0 Å². The first-order valence-corrected chi connectivity index (χ1v) is 5.87. The van der Waals surface area contributed by atoms with Gasteiger partial charge < -0.3 is 15.6 Å². The first-order chi connectivity index (χ1) is 10.3. The number of primary amides is 1. The van der Waals surface area contributed by atoms with Gasteiger partial charge in [0.1, 0.15) is 18.4 Å². The molecule has 118 valence electrons. The first kappa shape index (κ1) is 15.4. The zero-order valence-electron chi connectivity index (χ0n) is 10.9. The second kappa shape index (κ2) is 5.79. The van der Waals surface area contributed by atoms with Gasteiger partial charge >= 0.3 is 17.4 Å². The molecular weight excluding hydrogens is 302 g/mol. The lowest BCUT2D eigenvalue weighted by molar-refractivity contribution is -0.122. The van der Waals surface area contributed by atoms with Crippen LogP contribution in [0.3, 0.4) is 0 Å². The number of H-pyrrole nitrogens is 3. The Morgan fingerprint density at radius 3 is 2.36 bits per heavy atom. The molecule has 0 aliphatic carbocycles. The molecule has 6 N–H and O–H groups in total. The van der Waals surface area contributed by atoms with E-state index in [2.05, 4.69) is 19.7 Å². The third-order valence-electron chi connectivity index (χ3n) is 2.65. The van der Waals surface area contributed by atoms with Crippen molar-refractivity contribution in [2.75, 3.05) is 13.2 Å². The third-order valence-corrected chi connectivity index (χ3v) is 2.65. The summed E-state index contributed by atoms with van der Waals surface area (Å²) in [6.45, 7) is 0.115. The molecule has 0 saturated carbocycles. The maximum atomic E-state index is 11.5. The highest BCUT2D eigenvalue weighted by Crippen LogP contribution is 2.08. The Morgan fingerprint density at radius 1 is 1.27 bits per heavy atom. The van der Waals surface area contributed by atoms with Crippen molar-refractivity contribution < 1.29 is 19.4 Å². The number of fused-ring (bicyclic) bond motifs is 1. The van der Waals surface area contributed by atoms with Crippen LogP contribution in [0.5, 0.6) is 0 Å². The number of hydrogen-bond acceptors (Lipinski definition) is 7. The van der Waals surface area contributed by atoms with Gasteiger partial charge in [-0.3, -0.25) is 24.5 Å². The Kier molecular flexibility index (Phi) is 4.05. The third kappa shape index (κ3) is 3.02. The van der Waals surface area contributed by atoms with Crippen LogP contribution in [0.25, 0.3) is 11.2 Å². The van der Waals surface area contributed by atoms with Gasteiger partial charge in [-0.25, -0.2) is 14.4 Å². The summed E-state index contributed by atoms with van der Waals surface area (Å²) in [4.78, 5) is 60.8. The number of rotatable bonds is 2. The molecule has 1 saturated heterocycles. The number of Topliss-reactive ketones (excluding diaryl/α,β-unsaturated/α-hetero) is 1. The molecule has 1 fully saturated rings. The van der Waals surface area contributed by atoms with E-state index in [1.54, 1.807) is 0 Å². The molecule has 1 amide bonds. The minimum absolute atomic E-state index is 0.0764. The molecule has 2 aromatic rings. The van der Waals surface area contributed by atoms with Gasteiger partial charge in [0, 0.05) is 0 Å². The largest absolute Gasteiger partial charge is 0.388 e. The lowest BCUT2D eigenvalue weighted by Crippen LogP contribution is -2.42. The van der Waals surface area contributed by atoms with Gasteiger partial charge in [-0.1, -0.05) is 0 Å². The van der Waals surface area contributed by atoms with Crippen molar-refractivity contribution in [1.82, 2.24) is 19.5 Å². The number of nitrogens with zero attached hydrogens (tertiary/aromatic N) is 1. The lowest BCUT2D eigenvalue weighted by Gasteiger charge is -1.96. The number of aromatic amines is 3. The summed E-state index contributed by atoms with van der Waals surface area (Å²) < 4.78 is 4.74. The number of hydrogen-bond donors (Lipinski definition) is 5. The SMILES string of the molecule is NC(=O)n1c(=O)[nH]c2[nH]c(=O)[nH]c2c1=O.O=C(CO)C1CO1. The van der Waals surface area contributed by atoms with Crippen LogP contribution in [0.1, 0.15) is 0 Å². The molecule has 2 aromatic heterocycles. The molecule has 1 aliphatic rings. The second-order valence-electron chi connectivity index (χ2n) is 4.18. The van der Waals surface area contributed by atoms with E-state index in [0.717, 1.165) is 0 Å². The zero-order chi connectivity index (χ0) is 16.4. The van der Waals surface area contributed by atoms with Crippen molar-refractivity contribution in [2.24, 2.45) is 5.73 Å². The molecular formula is C10H11N5O7. The van der Waals surface area contributed by atoms with Crippen LogP contribution in [0.2, 0.25) is 0 Å². The van der Waals surface area contributed by atoms with E-state index in [4.69, 9.17) is 10.8 Å². The Labute approximate surface area is 119 Å². The fraction of sp³-hybridized carbons (Fsp3) is 0.300. The number of amides is 1. The predicted molar refractivity (Wildman–Crippen MR) is 70.6 cm³/mol. The summed E-state index contributed by atoms with van der Waals surface area (Å²) in [6, 6.07) is -1.22. The highest BCUT2D eigenvalue weighted by atomic mass is 16.6. The average molecular weight is 313 g/mol. The number of imidazole rings is 1. The van der Waals surface area contributed by atoms with Crippen molar-refractivity contribution in [3.05, 3.63) is 31.3 Å². The topological polar surface area (TPSA) is 196 Å². The molecule has 3 heterocycles. The fourth-order valence-electron chi connectivity index (χ4n) is 1.54. The van der Waals surface area contributed by atoms with Gasteiger partial charge in [0.15, 0.2) is 11.3 Å². The van der Waals surface area contributed by atoms with Gasteiger partial charge in [0.25, 0.3) is 5.56 Å². The Balaban J connectivity index is 0.000000211. The minimum Gasteiger partial charge on any atom is -0.388 e. The van der Waals surface area contributed by atoms with Gasteiger partial charge in [-0.05, 0) is 0 Å². The molecule has 1 atom stereocenters. The molecule has 22 heavy (non-hydrogen) atoms. The molecule has 3 rings (SSSR count). The van der Waals surface area contributed by atoms with E-state index < -0.39 is 23.0 Å². The summed E-state index contributed by atoms with van der Waals surface area (Å²) in [5.74, 6) is -0.208. The van der Waals surface area contributed by atoms with Crippen molar-refractivity contribution in [1.29, 1.82) is 0 Å². The monoisotopic (exact) mass is 313 g/mol. The van der Waals surface area contributed by atoms with E-state index in [0.29, 0.717) is 6.61 Å². The average Bonchev–Trinajstić information content (AvgIpc) is 3.21. The number of aliphatic hydroxyl groups excluding tert-OH is 1.